The van der Waals surface area contributed by atoms with Crippen LogP contribution in [0.5, 0.6) is 5.75 Å². The fraction of sp³-hybridized carbons (Fsp3) is 0.450. The van der Waals surface area contributed by atoms with Gasteiger partial charge in [-0.3, -0.25) is 4.79 Å². The number of esters is 1. The van der Waals surface area contributed by atoms with E-state index in [1.165, 1.54) is 6.07 Å². The molecule has 9 heteroatoms. The summed E-state index contributed by atoms with van der Waals surface area (Å²) in [5.41, 5.74) is -1.54. The average molecular weight is 543 g/mol. The number of hydrogen-bond donors (Lipinski definition) is 0. The highest BCUT2D eigenvalue weighted by Gasteiger charge is 2.69. The van der Waals surface area contributed by atoms with Crippen molar-refractivity contribution in [1.29, 1.82) is 0 Å². The number of alkyl halides is 4. The van der Waals surface area contributed by atoms with Gasteiger partial charge in [-0.15, -0.1) is 0 Å². The van der Waals surface area contributed by atoms with E-state index in [9.17, 15) is 18.0 Å². The van der Waals surface area contributed by atoms with E-state index in [1.807, 2.05) is 6.92 Å². The predicted octanol–water partition coefficient (Wildman–Crippen LogP) is 6.07. The van der Waals surface area contributed by atoms with E-state index in [-0.39, 0.29) is 26.8 Å². The molecule has 0 unspecified atom stereocenters. The molecule has 3 rings (SSSR count). The number of rotatable bonds is 6. The lowest BCUT2D eigenvalue weighted by molar-refractivity contribution is -0.150. The Bertz CT molecular complexity index is 868. The van der Waals surface area contributed by atoms with Gasteiger partial charge in [0.2, 0.25) is 0 Å². The predicted molar refractivity (Wildman–Crippen MR) is 110 cm³/mol. The van der Waals surface area contributed by atoms with Crippen LogP contribution < -0.4 is 4.74 Å². The van der Waals surface area contributed by atoms with Crippen LogP contribution in [0.15, 0.2) is 41.9 Å². The first-order valence-corrected chi connectivity index (χ1v) is 10.6. The van der Waals surface area contributed by atoms with E-state index < -0.39 is 17.2 Å². The van der Waals surface area contributed by atoms with Crippen molar-refractivity contribution in [2.45, 2.75) is 42.9 Å². The normalized spacial score (nSPS) is 26.3. The van der Waals surface area contributed by atoms with E-state index in [2.05, 4.69) is 22.6 Å². The first kappa shape index (κ1) is 22.3. The van der Waals surface area contributed by atoms with Crippen LogP contribution in [0, 0.1) is 5.41 Å². The molecule has 0 bridgehead atoms. The third kappa shape index (κ3) is 4.68. The Morgan fingerprint density at radius 3 is 2.72 bits per heavy atom. The first-order chi connectivity index (χ1) is 13.6. The van der Waals surface area contributed by atoms with Gasteiger partial charge in [0.25, 0.3) is 0 Å². The lowest BCUT2D eigenvalue weighted by Crippen LogP contribution is -2.21. The van der Waals surface area contributed by atoms with Crippen molar-refractivity contribution in [2.75, 3.05) is 6.61 Å². The molecule has 1 fully saturated rings. The van der Waals surface area contributed by atoms with Gasteiger partial charge in [-0.25, -0.2) is 0 Å². The number of hydrogen-bond acceptors (Lipinski definition) is 4. The number of ether oxygens (including phenoxy) is 3. The summed E-state index contributed by atoms with van der Waals surface area (Å²) in [5, 5.41) is -0.133. The summed E-state index contributed by atoms with van der Waals surface area (Å²) in [5.74, 6) is 0.906. The average Bonchev–Trinajstić information content (AvgIpc) is 3.17. The van der Waals surface area contributed by atoms with Crippen LogP contribution in [0.3, 0.4) is 0 Å². The lowest BCUT2D eigenvalue weighted by Gasteiger charge is -2.18. The Balaban J connectivity index is 1.68. The van der Waals surface area contributed by atoms with E-state index in [4.69, 9.17) is 25.8 Å². The minimum Gasteiger partial charge on any atom is -0.492 e. The second-order valence-electron chi connectivity index (χ2n) is 6.94. The fourth-order valence-electron chi connectivity index (χ4n) is 2.98. The number of halogens is 5. The molecular weight excluding hydrogens is 524 g/mol. The smallest absolute Gasteiger partial charge is 0.416 e. The van der Waals surface area contributed by atoms with E-state index in [0.29, 0.717) is 31.0 Å². The third-order valence-corrected chi connectivity index (χ3v) is 7.08. The zero-order valence-corrected chi connectivity index (χ0v) is 18.6. The molecule has 0 heterocycles. The molecule has 4 nitrogen and oxygen atoms in total. The largest absolute Gasteiger partial charge is 0.492 e. The number of benzene rings is 1. The molecule has 1 saturated carbocycles. The molecule has 3 atom stereocenters. The zero-order chi connectivity index (χ0) is 21.4. The van der Waals surface area contributed by atoms with Crippen LogP contribution in [-0.2, 0) is 20.4 Å². The highest BCUT2D eigenvalue weighted by molar-refractivity contribution is 14.1. The number of carbonyl (C=O) groups excluding carboxylic acids is 1. The molecule has 0 radical (unpaired) electrons. The number of allylic oxidation sites excluding steroid dienone is 3. The van der Waals surface area contributed by atoms with Gasteiger partial charge in [0.15, 0.2) is 0 Å². The molecule has 2 aliphatic carbocycles. The molecule has 1 aromatic carbocycles. The van der Waals surface area contributed by atoms with Gasteiger partial charge in [0, 0.05) is 12.5 Å². The van der Waals surface area contributed by atoms with Crippen molar-refractivity contribution in [3.05, 3.63) is 52.5 Å². The second-order valence-corrected chi connectivity index (χ2v) is 8.69. The van der Waals surface area contributed by atoms with Crippen molar-refractivity contribution >= 4 is 40.2 Å². The molecule has 158 valence electrons. The maximum atomic E-state index is 12.8. The Morgan fingerprint density at radius 1 is 1.38 bits per heavy atom. The summed E-state index contributed by atoms with van der Waals surface area (Å²) >= 11 is 8.13. The minimum atomic E-state index is -4.47. The monoisotopic (exact) mass is 542 g/mol. The molecule has 2 aliphatic rings. The summed E-state index contributed by atoms with van der Waals surface area (Å²) in [7, 11) is 0. The van der Waals surface area contributed by atoms with E-state index in [1.54, 1.807) is 19.1 Å². The van der Waals surface area contributed by atoms with E-state index in [0.717, 1.165) is 12.1 Å². The van der Waals surface area contributed by atoms with E-state index >= 15 is 0 Å². The molecule has 0 N–H and O–H groups in total. The standard InChI is InChI=1S/C20H19ClF3IO4/c1-3-27-18(26)19(2)16(25)17(19)29-13-6-4-5-12(10-13)28-15-8-7-11(9-14(15)21)20(22,23)24/h5,7-10,16-17H,3-4,6H2,1-2H3/t16-,17+,19+/m0/s1. The fourth-order valence-corrected chi connectivity index (χ4v) is 4.49. The van der Waals surface area contributed by atoms with Gasteiger partial charge >= 0.3 is 12.1 Å². The molecule has 0 saturated heterocycles. The maximum absolute atomic E-state index is 12.8. The van der Waals surface area contributed by atoms with Gasteiger partial charge in [0.05, 0.1) is 21.1 Å². The SMILES string of the molecule is CCOC(=O)[C@@]1(C)[C@H](OC2=CC(Oc3ccc(C(F)(F)F)cc3Cl)=CCC2)[C@@H]1I. The summed E-state index contributed by atoms with van der Waals surface area (Å²) in [6.07, 6.45) is -0.0353. The Hall–Kier alpha value is -1.42. The van der Waals surface area contributed by atoms with Crippen molar-refractivity contribution in [1.82, 2.24) is 0 Å². The third-order valence-electron chi connectivity index (χ3n) is 4.84. The zero-order valence-electron chi connectivity index (χ0n) is 15.7. The molecule has 29 heavy (non-hydrogen) atoms. The van der Waals surface area contributed by atoms with Crippen LogP contribution in [-0.4, -0.2) is 22.6 Å². The topological polar surface area (TPSA) is 44.8 Å². The van der Waals surface area contributed by atoms with Crippen molar-refractivity contribution in [3.8, 4) is 5.75 Å². The molecule has 0 aliphatic heterocycles. The second kappa shape index (κ2) is 8.37. The molecular formula is C20H19ClF3IO4. The van der Waals surface area contributed by atoms with Crippen LogP contribution >= 0.6 is 34.2 Å². The summed E-state index contributed by atoms with van der Waals surface area (Å²) in [4.78, 5) is 12.2. The summed E-state index contributed by atoms with van der Waals surface area (Å²) < 4.78 is 55.1. The van der Waals surface area contributed by atoms with Crippen LogP contribution in [0.25, 0.3) is 0 Å². The van der Waals surface area contributed by atoms with Crippen molar-refractivity contribution in [3.63, 3.8) is 0 Å². The van der Waals surface area contributed by atoms with Gasteiger partial charge in [0.1, 0.15) is 28.8 Å². The van der Waals surface area contributed by atoms with Gasteiger partial charge in [-0.05, 0) is 44.5 Å². The van der Waals surface area contributed by atoms with Gasteiger partial charge in [-0.1, -0.05) is 34.2 Å². The molecule has 0 aromatic heterocycles. The first-order valence-electron chi connectivity index (χ1n) is 9.00. The summed E-state index contributed by atoms with van der Waals surface area (Å²) in [6.45, 7) is 3.87. The van der Waals surface area contributed by atoms with Crippen molar-refractivity contribution in [2.24, 2.45) is 5.41 Å². The Morgan fingerprint density at radius 2 is 2.10 bits per heavy atom. The van der Waals surface area contributed by atoms with Gasteiger partial charge < -0.3 is 14.2 Å². The quantitative estimate of drug-likeness (QED) is 0.249. The van der Waals surface area contributed by atoms with Crippen LogP contribution in [0.2, 0.25) is 5.02 Å². The molecule has 0 amide bonds. The maximum Gasteiger partial charge on any atom is 0.416 e. The van der Waals surface area contributed by atoms with Gasteiger partial charge in [-0.2, -0.15) is 13.2 Å². The summed E-state index contributed by atoms with van der Waals surface area (Å²) in [6, 6.07) is 2.94. The van der Waals surface area contributed by atoms with Crippen molar-refractivity contribution < 1.29 is 32.2 Å². The molecule has 1 aromatic rings. The lowest BCUT2D eigenvalue weighted by atomic mass is 10.1. The Labute approximate surface area is 185 Å². The highest BCUT2D eigenvalue weighted by atomic mass is 127. The Kier molecular flexibility index (Phi) is 6.43. The van der Waals surface area contributed by atoms with Crippen LogP contribution in [0.1, 0.15) is 32.3 Å². The number of carbonyl (C=O) groups is 1. The molecule has 0 spiro atoms. The highest BCUT2D eigenvalue weighted by Crippen LogP contribution is 2.55. The van der Waals surface area contributed by atoms with Crippen LogP contribution in [0.4, 0.5) is 13.2 Å². The minimum absolute atomic E-state index is 0.0142.